The van der Waals surface area contributed by atoms with Gasteiger partial charge < -0.3 is 14.9 Å². The topological polar surface area (TPSA) is 43.8 Å². The Labute approximate surface area is 126 Å². The summed E-state index contributed by atoms with van der Waals surface area (Å²) in [5.41, 5.74) is 1.24. The van der Waals surface area contributed by atoms with Gasteiger partial charge >= 0.3 is 5.97 Å². The molecule has 2 aliphatic rings. The van der Waals surface area contributed by atoms with Gasteiger partial charge in [0.1, 0.15) is 0 Å². The fourth-order valence-corrected chi connectivity index (χ4v) is 3.85. The molecule has 2 fully saturated rings. The first-order valence-electron chi connectivity index (χ1n) is 8.00. The number of hydrogen-bond acceptors (Lipinski definition) is 3. The Bertz CT molecular complexity index is 477. The molecule has 114 valence electrons. The number of aliphatic carboxylic acids is 1. The van der Waals surface area contributed by atoms with Crippen molar-refractivity contribution in [3.8, 4) is 0 Å². The third-order valence-electron chi connectivity index (χ3n) is 4.87. The molecule has 1 N–H and O–H groups in total. The van der Waals surface area contributed by atoms with Crippen molar-refractivity contribution in [2.45, 2.75) is 31.7 Å². The lowest BCUT2D eigenvalue weighted by Gasteiger charge is -2.40. The molecule has 2 heterocycles. The molecule has 21 heavy (non-hydrogen) atoms. The summed E-state index contributed by atoms with van der Waals surface area (Å²) in [7, 11) is 0. The van der Waals surface area contributed by atoms with Crippen LogP contribution in [0.4, 0.5) is 5.69 Å². The minimum absolute atomic E-state index is 0.257. The summed E-state index contributed by atoms with van der Waals surface area (Å²) in [4.78, 5) is 15.8. The molecular formula is C17H24N2O2. The summed E-state index contributed by atoms with van der Waals surface area (Å²) in [5, 5.41) is 8.89. The predicted octanol–water partition coefficient (Wildman–Crippen LogP) is 2.45. The highest BCUT2D eigenvalue weighted by Gasteiger charge is 2.37. The van der Waals surface area contributed by atoms with Crippen molar-refractivity contribution in [1.82, 2.24) is 4.90 Å². The monoisotopic (exact) mass is 288 g/mol. The van der Waals surface area contributed by atoms with Crippen LogP contribution in [0.15, 0.2) is 30.3 Å². The van der Waals surface area contributed by atoms with Crippen molar-refractivity contribution in [3.05, 3.63) is 30.3 Å². The van der Waals surface area contributed by atoms with E-state index in [9.17, 15) is 4.79 Å². The number of anilines is 1. The Morgan fingerprint density at radius 1 is 1.24 bits per heavy atom. The Kier molecular flexibility index (Phi) is 4.44. The van der Waals surface area contributed by atoms with Gasteiger partial charge in [-0.1, -0.05) is 18.2 Å². The highest BCUT2D eigenvalue weighted by molar-refractivity contribution is 5.66. The first kappa shape index (κ1) is 14.4. The van der Waals surface area contributed by atoms with Crippen LogP contribution >= 0.6 is 0 Å². The van der Waals surface area contributed by atoms with Crippen molar-refractivity contribution in [2.75, 3.05) is 31.1 Å². The number of para-hydroxylation sites is 1. The highest BCUT2D eigenvalue weighted by atomic mass is 16.4. The Balaban J connectivity index is 1.73. The van der Waals surface area contributed by atoms with Gasteiger partial charge in [-0.3, -0.25) is 4.79 Å². The molecule has 0 saturated carbocycles. The first-order valence-corrected chi connectivity index (χ1v) is 8.00. The summed E-state index contributed by atoms with van der Waals surface area (Å²) in [6.07, 6.45) is 3.46. The van der Waals surface area contributed by atoms with Gasteiger partial charge in [-0.25, -0.2) is 0 Å². The summed E-state index contributed by atoms with van der Waals surface area (Å²) in [5.74, 6) is 0.0440. The zero-order chi connectivity index (χ0) is 14.7. The van der Waals surface area contributed by atoms with Gasteiger partial charge in [0.05, 0.1) is 0 Å². The van der Waals surface area contributed by atoms with Crippen LogP contribution < -0.4 is 4.90 Å². The van der Waals surface area contributed by atoms with E-state index < -0.39 is 5.97 Å². The van der Waals surface area contributed by atoms with Gasteiger partial charge in [-0.2, -0.15) is 0 Å². The molecule has 2 bridgehead atoms. The van der Waals surface area contributed by atoms with Crippen LogP contribution in [0.3, 0.4) is 0 Å². The molecule has 0 radical (unpaired) electrons. The van der Waals surface area contributed by atoms with E-state index in [2.05, 4.69) is 34.1 Å². The van der Waals surface area contributed by atoms with E-state index in [1.54, 1.807) is 0 Å². The maximum absolute atomic E-state index is 10.8. The number of benzene rings is 1. The van der Waals surface area contributed by atoms with Gasteiger partial charge in [-0.05, 0) is 43.9 Å². The molecule has 0 aromatic heterocycles. The quantitative estimate of drug-likeness (QED) is 0.873. The van der Waals surface area contributed by atoms with Crippen LogP contribution in [0, 0.1) is 5.92 Å². The van der Waals surface area contributed by atoms with Crippen LogP contribution in [0.5, 0.6) is 0 Å². The maximum atomic E-state index is 10.8. The Morgan fingerprint density at radius 3 is 2.76 bits per heavy atom. The smallest absolute Gasteiger partial charge is 0.303 e. The van der Waals surface area contributed by atoms with E-state index in [-0.39, 0.29) is 6.42 Å². The lowest BCUT2D eigenvalue weighted by molar-refractivity contribution is -0.137. The van der Waals surface area contributed by atoms with E-state index in [1.165, 1.54) is 38.2 Å². The van der Waals surface area contributed by atoms with E-state index in [0.717, 1.165) is 18.9 Å². The summed E-state index contributed by atoms with van der Waals surface area (Å²) in [6.45, 7) is 4.48. The molecule has 0 spiro atoms. The first-order chi connectivity index (χ1) is 10.2. The molecule has 3 unspecified atom stereocenters. The van der Waals surface area contributed by atoms with Crippen LogP contribution in [-0.4, -0.2) is 48.2 Å². The lowest BCUT2D eigenvalue weighted by Crippen LogP contribution is -2.47. The second kappa shape index (κ2) is 6.48. The highest BCUT2D eigenvalue weighted by Crippen LogP contribution is 2.33. The van der Waals surface area contributed by atoms with Crippen molar-refractivity contribution < 1.29 is 9.90 Å². The molecule has 4 nitrogen and oxygen atoms in total. The number of hydrogen-bond donors (Lipinski definition) is 1. The normalized spacial score (nSPS) is 27.5. The van der Waals surface area contributed by atoms with E-state index in [4.69, 9.17) is 5.11 Å². The van der Waals surface area contributed by atoms with Gasteiger partial charge in [0.25, 0.3) is 0 Å². The number of fused-ring (bicyclic) bond motifs is 2. The largest absolute Gasteiger partial charge is 0.481 e. The zero-order valence-corrected chi connectivity index (χ0v) is 12.4. The van der Waals surface area contributed by atoms with Crippen molar-refractivity contribution in [2.24, 2.45) is 5.92 Å². The Morgan fingerprint density at radius 2 is 2.00 bits per heavy atom. The number of carbonyl (C=O) groups is 1. The van der Waals surface area contributed by atoms with Gasteiger partial charge in [-0.15, -0.1) is 0 Å². The van der Waals surface area contributed by atoms with Crippen LogP contribution in [0.25, 0.3) is 0 Å². The number of piperidine rings is 1. The summed E-state index contributed by atoms with van der Waals surface area (Å²) in [6, 6.07) is 11.1. The number of nitrogens with zero attached hydrogens (tertiary/aromatic N) is 2. The van der Waals surface area contributed by atoms with Crippen LogP contribution in [0.1, 0.15) is 25.7 Å². The fourth-order valence-electron chi connectivity index (χ4n) is 3.85. The number of carboxylic acid groups (broad SMARTS) is 1. The van der Waals surface area contributed by atoms with Crippen LogP contribution in [-0.2, 0) is 4.79 Å². The minimum Gasteiger partial charge on any atom is -0.481 e. The molecule has 1 aromatic rings. The fraction of sp³-hybridized carbons (Fsp3) is 0.588. The average Bonchev–Trinajstić information content (AvgIpc) is 2.87. The molecule has 4 heteroatoms. The number of rotatable bonds is 6. The molecule has 3 rings (SSSR count). The molecule has 1 aromatic carbocycles. The van der Waals surface area contributed by atoms with Gasteiger partial charge in [0, 0.05) is 37.8 Å². The van der Waals surface area contributed by atoms with Crippen molar-refractivity contribution in [1.29, 1.82) is 0 Å². The molecule has 0 amide bonds. The molecule has 2 aliphatic heterocycles. The van der Waals surface area contributed by atoms with Gasteiger partial charge in [0.15, 0.2) is 0 Å². The molecule has 3 atom stereocenters. The standard InChI is InChI=1S/C17H24N2O2/c20-17(21)7-4-10-19(15-5-2-1-3-6-15)16-9-12-18-11-8-14(16)13-18/h1-3,5-6,14,16H,4,7-13H2,(H,20,21). The van der Waals surface area contributed by atoms with Crippen molar-refractivity contribution >= 4 is 11.7 Å². The molecule has 0 aliphatic carbocycles. The molecule has 2 saturated heterocycles. The van der Waals surface area contributed by atoms with Gasteiger partial charge in [0.2, 0.25) is 0 Å². The van der Waals surface area contributed by atoms with E-state index >= 15 is 0 Å². The molecular weight excluding hydrogens is 264 g/mol. The predicted molar refractivity (Wildman–Crippen MR) is 83.6 cm³/mol. The summed E-state index contributed by atoms with van der Waals surface area (Å²) < 4.78 is 0. The van der Waals surface area contributed by atoms with E-state index in [0.29, 0.717) is 6.04 Å². The second-order valence-corrected chi connectivity index (χ2v) is 6.23. The number of carboxylic acids is 1. The third kappa shape index (κ3) is 3.38. The lowest BCUT2D eigenvalue weighted by atomic mass is 9.92. The maximum Gasteiger partial charge on any atom is 0.303 e. The van der Waals surface area contributed by atoms with Crippen molar-refractivity contribution in [3.63, 3.8) is 0 Å². The second-order valence-electron chi connectivity index (χ2n) is 6.23. The third-order valence-corrected chi connectivity index (χ3v) is 4.87. The Hall–Kier alpha value is -1.55. The zero-order valence-electron chi connectivity index (χ0n) is 12.4. The summed E-state index contributed by atoms with van der Waals surface area (Å²) >= 11 is 0. The average molecular weight is 288 g/mol. The minimum atomic E-state index is -0.696. The van der Waals surface area contributed by atoms with E-state index in [1.807, 2.05) is 6.07 Å². The SMILES string of the molecule is O=C(O)CCCN(c1ccccc1)C1CCN2CCC1C2. The van der Waals surface area contributed by atoms with Crippen LogP contribution in [0.2, 0.25) is 0 Å².